The number of aliphatic hydroxyl groups excluding tert-OH is 1. The van der Waals surface area contributed by atoms with Gasteiger partial charge >= 0.3 is 0 Å². The number of likely N-dealkylation sites (tertiary alicyclic amines) is 1. The average molecular weight is 340 g/mol. The molecule has 1 saturated heterocycles. The van der Waals surface area contributed by atoms with Crippen LogP contribution >= 0.6 is 0 Å². The molecule has 0 saturated carbocycles. The molecule has 1 atom stereocenters. The monoisotopic (exact) mass is 340 g/mol. The number of β-amino-alcohol motifs (C(OH)–C–C–N with tert-alkyl or cyclic N) is 1. The number of ether oxygens (including phenoxy) is 1. The van der Waals surface area contributed by atoms with Gasteiger partial charge in [0.05, 0.1) is 17.8 Å². The first-order valence-electron chi connectivity index (χ1n) is 8.66. The average Bonchev–Trinajstić information content (AvgIpc) is 3.07. The quantitative estimate of drug-likeness (QED) is 0.869. The number of rotatable bonds is 6. The molecule has 1 N–H and O–H groups in total. The molecule has 6 nitrogen and oxygen atoms in total. The maximum absolute atomic E-state index is 10.2. The van der Waals surface area contributed by atoms with Gasteiger partial charge in [-0.25, -0.2) is 0 Å². The second-order valence-corrected chi connectivity index (χ2v) is 6.62. The number of aromatic nitrogens is 2. The molecule has 0 spiro atoms. The topological polar surface area (TPSA) is 74.3 Å². The zero-order chi connectivity index (χ0) is 17.6. The fourth-order valence-corrected chi connectivity index (χ4v) is 3.27. The number of benzene rings is 1. The molecule has 132 valence electrons. The molecule has 6 heteroatoms. The zero-order valence-electron chi connectivity index (χ0n) is 14.5. The van der Waals surface area contributed by atoms with Crippen molar-refractivity contribution in [3.63, 3.8) is 0 Å². The van der Waals surface area contributed by atoms with E-state index in [0.29, 0.717) is 23.8 Å². The first-order valence-corrected chi connectivity index (χ1v) is 8.66. The van der Waals surface area contributed by atoms with E-state index in [9.17, 15) is 5.11 Å². The van der Waals surface area contributed by atoms with Crippen molar-refractivity contribution in [2.45, 2.75) is 24.9 Å². The molecule has 2 heterocycles. The summed E-state index contributed by atoms with van der Waals surface area (Å²) in [6.45, 7) is 2.84. The molecule has 1 aromatic carbocycles. The summed E-state index contributed by atoms with van der Waals surface area (Å²) in [6, 6.07) is 9.01. The predicted octanol–water partition coefficient (Wildman–Crippen LogP) is 1.91. The minimum atomic E-state index is -0.523. The lowest BCUT2D eigenvalue weighted by molar-refractivity contribution is 0.0594. The molecule has 0 amide bonds. The minimum absolute atomic E-state index is 0.258. The van der Waals surface area contributed by atoms with Crippen molar-refractivity contribution in [2.24, 2.45) is 7.05 Å². The van der Waals surface area contributed by atoms with Crippen LogP contribution in [0.15, 0.2) is 36.7 Å². The molecule has 3 rings (SSSR count). The van der Waals surface area contributed by atoms with Crippen LogP contribution in [-0.4, -0.2) is 52.1 Å². The maximum Gasteiger partial charge on any atom is 0.119 e. The van der Waals surface area contributed by atoms with Gasteiger partial charge in [0.1, 0.15) is 18.5 Å². The van der Waals surface area contributed by atoms with Gasteiger partial charge in [-0.15, -0.1) is 0 Å². The van der Waals surface area contributed by atoms with Crippen molar-refractivity contribution in [1.82, 2.24) is 14.7 Å². The Hall–Kier alpha value is -2.36. The van der Waals surface area contributed by atoms with Crippen LogP contribution in [0.25, 0.3) is 0 Å². The zero-order valence-corrected chi connectivity index (χ0v) is 14.5. The number of hydrogen-bond acceptors (Lipinski definition) is 5. The predicted molar refractivity (Wildman–Crippen MR) is 94.3 cm³/mol. The van der Waals surface area contributed by atoms with Gasteiger partial charge in [-0.1, -0.05) is 0 Å². The molecular formula is C19H24N4O2. The van der Waals surface area contributed by atoms with Gasteiger partial charge in [0.15, 0.2) is 0 Å². The number of aliphatic hydroxyl groups is 1. The molecule has 1 aliphatic heterocycles. The van der Waals surface area contributed by atoms with Crippen molar-refractivity contribution < 1.29 is 9.84 Å². The fraction of sp³-hybridized carbons (Fsp3) is 0.474. The molecule has 2 aromatic rings. The van der Waals surface area contributed by atoms with Gasteiger partial charge in [0.25, 0.3) is 0 Å². The van der Waals surface area contributed by atoms with Crippen LogP contribution < -0.4 is 4.74 Å². The highest BCUT2D eigenvalue weighted by Gasteiger charge is 2.23. The lowest BCUT2D eigenvalue weighted by Gasteiger charge is -2.32. The van der Waals surface area contributed by atoms with E-state index < -0.39 is 6.10 Å². The SMILES string of the molecule is Cn1cc(C2CCN(C[C@H](O)COc3ccc(C#N)cc3)CC2)cn1. The normalized spacial score (nSPS) is 17.2. The van der Waals surface area contributed by atoms with Gasteiger partial charge in [-0.05, 0) is 61.7 Å². The van der Waals surface area contributed by atoms with Crippen LogP contribution in [0.5, 0.6) is 5.75 Å². The van der Waals surface area contributed by atoms with Crippen LogP contribution in [0, 0.1) is 11.3 Å². The number of hydrogen-bond donors (Lipinski definition) is 1. The van der Waals surface area contributed by atoms with Gasteiger partial charge in [0, 0.05) is 19.8 Å². The Bertz CT molecular complexity index is 712. The summed E-state index contributed by atoms with van der Waals surface area (Å²) in [5.74, 6) is 1.24. The second kappa shape index (κ2) is 8.15. The highest BCUT2D eigenvalue weighted by atomic mass is 16.5. The lowest BCUT2D eigenvalue weighted by Crippen LogP contribution is -2.40. The highest BCUT2D eigenvalue weighted by molar-refractivity contribution is 5.34. The smallest absolute Gasteiger partial charge is 0.119 e. The number of nitrogens with zero attached hydrogens (tertiary/aromatic N) is 4. The third-order valence-electron chi connectivity index (χ3n) is 4.68. The van der Waals surface area contributed by atoms with E-state index in [1.54, 1.807) is 24.3 Å². The van der Waals surface area contributed by atoms with Crippen LogP contribution in [0.1, 0.15) is 29.9 Å². The number of nitriles is 1. The Morgan fingerprint density at radius 2 is 2.04 bits per heavy atom. The maximum atomic E-state index is 10.2. The van der Waals surface area contributed by atoms with Crippen molar-refractivity contribution in [1.29, 1.82) is 5.26 Å². The van der Waals surface area contributed by atoms with E-state index in [-0.39, 0.29) is 6.61 Å². The van der Waals surface area contributed by atoms with E-state index in [2.05, 4.69) is 22.3 Å². The fourth-order valence-electron chi connectivity index (χ4n) is 3.27. The number of piperidine rings is 1. The summed E-state index contributed by atoms with van der Waals surface area (Å²) < 4.78 is 7.46. The van der Waals surface area contributed by atoms with E-state index in [1.165, 1.54) is 5.56 Å². The van der Waals surface area contributed by atoms with Gasteiger partial charge < -0.3 is 14.7 Å². The number of aryl methyl sites for hydroxylation is 1. The Kier molecular flexibility index (Phi) is 5.69. The minimum Gasteiger partial charge on any atom is -0.491 e. The largest absolute Gasteiger partial charge is 0.491 e. The molecule has 0 radical (unpaired) electrons. The summed E-state index contributed by atoms with van der Waals surface area (Å²) in [5, 5.41) is 23.2. The van der Waals surface area contributed by atoms with Crippen molar-refractivity contribution in [3.8, 4) is 11.8 Å². The highest BCUT2D eigenvalue weighted by Crippen LogP contribution is 2.27. The second-order valence-electron chi connectivity index (χ2n) is 6.62. The van der Waals surface area contributed by atoms with Crippen LogP contribution in [0.3, 0.4) is 0 Å². The molecule has 1 fully saturated rings. The van der Waals surface area contributed by atoms with Gasteiger partial charge in [-0.2, -0.15) is 10.4 Å². The van der Waals surface area contributed by atoms with E-state index >= 15 is 0 Å². The molecule has 1 aliphatic rings. The van der Waals surface area contributed by atoms with Gasteiger partial charge in [-0.3, -0.25) is 4.68 Å². The molecular weight excluding hydrogens is 316 g/mol. The molecule has 25 heavy (non-hydrogen) atoms. The third-order valence-corrected chi connectivity index (χ3v) is 4.68. The summed E-state index contributed by atoms with van der Waals surface area (Å²) in [6.07, 6.45) is 5.72. The molecule has 0 bridgehead atoms. The van der Waals surface area contributed by atoms with E-state index in [4.69, 9.17) is 10.00 Å². The standard InChI is InChI=1S/C19H24N4O2/c1-22-12-17(11-21-22)16-6-8-23(9-7-16)13-18(24)14-25-19-4-2-15(10-20)3-5-19/h2-5,11-12,16,18,24H,6-9,13-14H2,1H3/t18-/m0/s1. The summed E-state index contributed by atoms with van der Waals surface area (Å²) in [4.78, 5) is 2.29. The third kappa shape index (κ3) is 4.81. The molecule has 0 aliphatic carbocycles. The van der Waals surface area contributed by atoms with Crippen molar-refractivity contribution in [2.75, 3.05) is 26.2 Å². The lowest BCUT2D eigenvalue weighted by atomic mass is 9.91. The van der Waals surface area contributed by atoms with Crippen LogP contribution in [0.4, 0.5) is 0 Å². The first kappa shape index (κ1) is 17.5. The molecule has 1 aromatic heterocycles. The summed E-state index contributed by atoms with van der Waals surface area (Å²) in [7, 11) is 1.95. The van der Waals surface area contributed by atoms with Crippen LogP contribution in [-0.2, 0) is 7.05 Å². The Morgan fingerprint density at radius 3 is 2.64 bits per heavy atom. The van der Waals surface area contributed by atoms with Crippen molar-refractivity contribution in [3.05, 3.63) is 47.8 Å². The summed E-state index contributed by atoms with van der Waals surface area (Å²) in [5.41, 5.74) is 1.91. The molecule has 0 unspecified atom stereocenters. The Labute approximate surface area is 148 Å². The first-order chi connectivity index (χ1) is 12.1. The summed E-state index contributed by atoms with van der Waals surface area (Å²) >= 11 is 0. The van der Waals surface area contributed by atoms with Crippen LogP contribution in [0.2, 0.25) is 0 Å². The van der Waals surface area contributed by atoms with Gasteiger partial charge in [0.2, 0.25) is 0 Å². The van der Waals surface area contributed by atoms with E-state index in [1.807, 2.05) is 17.9 Å². The Morgan fingerprint density at radius 1 is 1.32 bits per heavy atom. The Balaban J connectivity index is 1.40. The van der Waals surface area contributed by atoms with E-state index in [0.717, 1.165) is 25.9 Å². The van der Waals surface area contributed by atoms with Crippen molar-refractivity contribution >= 4 is 0 Å².